The predicted octanol–water partition coefficient (Wildman–Crippen LogP) is 3.88. The summed E-state index contributed by atoms with van der Waals surface area (Å²) in [5.41, 5.74) is 3.96. The van der Waals surface area contributed by atoms with E-state index in [1.54, 1.807) is 6.20 Å². The monoisotopic (exact) mass is 321 g/mol. The molecule has 5 heteroatoms. The Morgan fingerprint density at radius 2 is 1.83 bits per heavy atom. The Labute approximate surface area is 140 Å². The summed E-state index contributed by atoms with van der Waals surface area (Å²) in [5.74, 6) is 0.296. The van der Waals surface area contributed by atoms with E-state index in [0.29, 0.717) is 18.0 Å². The van der Waals surface area contributed by atoms with Crippen LogP contribution in [-0.4, -0.2) is 16.1 Å². The highest BCUT2D eigenvalue weighted by Crippen LogP contribution is 2.23. The number of fused-ring (bicyclic) bond motifs is 1. The van der Waals surface area contributed by atoms with Crippen molar-refractivity contribution in [3.8, 4) is 5.75 Å². The van der Waals surface area contributed by atoms with Gasteiger partial charge in [-0.15, -0.1) is 0 Å². The molecular formula is C19H19N3O2. The highest BCUT2D eigenvalue weighted by Gasteiger charge is 2.08. The third-order valence-electron chi connectivity index (χ3n) is 3.88. The highest BCUT2D eigenvalue weighted by atomic mass is 16.3. The largest absolute Gasteiger partial charge is 0.507 e. The predicted molar refractivity (Wildman–Crippen MR) is 95.2 cm³/mol. The van der Waals surface area contributed by atoms with Crippen LogP contribution in [0.5, 0.6) is 5.75 Å². The van der Waals surface area contributed by atoms with E-state index in [4.69, 9.17) is 0 Å². The van der Waals surface area contributed by atoms with Crippen LogP contribution in [0, 0.1) is 13.8 Å². The summed E-state index contributed by atoms with van der Waals surface area (Å²) in [6, 6.07) is 12.9. The lowest BCUT2D eigenvalue weighted by Crippen LogP contribution is -2.28. The summed E-state index contributed by atoms with van der Waals surface area (Å²) in [5, 5.41) is 16.4. The summed E-state index contributed by atoms with van der Waals surface area (Å²) in [7, 11) is 0. The zero-order valence-electron chi connectivity index (χ0n) is 13.6. The number of aromatic nitrogens is 1. The van der Waals surface area contributed by atoms with Gasteiger partial charge in [0, 0.05) is 18.1 Å². The molecule has 2 aromatic carbocycles. The molecule has 2 amide bonds. The van der Waals surface area contributed by atoms with E-state index in [0.717, 1.165) is 27.6 Å². The van der Waals surface area contributed by atoms with Crippen molar-refractivity contribution in [3.63, 3.8) is 0 Å². The summed E-state index contributed by atoms with van der Waals surface area (Å²) >= 11 is 0. The minimum atomic E-state index is -0.295. The molecule has 5 nitrogen and oxygen atoms in total. The molecule has 0 fully saturated rings. The van der Waals surface area contributed by atoms with Crippen LogP contribution in [0.25, 0.3) is 10.9 Å². The SMILES string of the molecule is Cc1cc(CNC(=O)Nc2cccc3cccnc23)cc(C)c1O. The van der Waals surface area contributed by atoms with Crippen molar-refractivity contribution in [3.05, 3.63) is 65.4 Å². The van der Waals surface area contributed by atoms with Gasteiger partial charge in [0.15, 0.2) is 0 Å². The van der Waals surface area contributed by atoms with E-state index in [9.17, 15) is 9.90 Å². The van der Waals surface area contributed by atoms with Crippen molar-refractivity contribution in [2.45, 2.75) is 20.4 Å². The first kappa shape index (κ1) is 15.8. The molecular weight excluding hydrogens is 302 g/mol. The number of urea groups is 1. The van der Waals surface area contributed by atoms with Crippen molar-refractivity contribution in [2.75, 3.05) is 5.32 Å². The first-order chi connectivity index (χ1) is 11.5. The smallest absolute Gasteiger partial charge is 0.319 e. The molecule has 24 heavy (non-hydrogen) atoms. The first-order valence-electron chi connectivity index (χ1n) is 7.72. The molecule has 1 heterocycles. The number of aryl methyl sites for hydroxylation is 2. The minimum Gasteiger partial charge on any atom is -0.507 e. The number of carbonyl (C=O) groups is 1. The third-order valence-corrected chi connectivity index (χ3v) is 3.88. The zero-order chi connectivity index (χ0) is 17.1. The van der Waals surface area contributed by atoms with Crippen molar-refractivity contribution >= 4 is 22.6 Å². The lowest BCUT2D eigenvalue weighted by Gasteiger charge is -2.11. The van der Waals surface area contributed by atoms with Gasteiger partial charge in [0.1, 0.15) is 5.75 Å². The minimum absolute atomic E-state index is 0.295. The molecule has 0 radical (unpaired) electrons. The first-order valence-corrected chi connectivity index (χ1v) is 7.72. The van der Waals surface area contributed by atoms with Gasteiger partial charge >= 0.3 is 6.03 Å². The normalized spacial score (nSPS) is 10.6. The molecule has 3 N–H and O–H groups in total. The number of benzene rings is 2. The van der Waals surface area contributed by atoms with Crippen LogP contribution in [0.2, 0.25) is 0 Å². The fourth-order valence-corrected chi connectivity index (χ4v) is 2.70. The number of phenols is 1. The fourth-order valence-electron chi connectivity index (χ4n) is 2.70. The van der Waals surface area contributed by atoms with Crippen LogP contribution >= 0.6 is 0 Å². The average molecular weight is 321 g/mol. The lowest BCUT2D eigenvalue weighted by atomic mass is 10.1. The van der Waals surface area contributed by atoms with E-state index >= 15 is 0 Å². The van der Waals surface area contributed by atoms with Crippen molar-refractivity contribution in [1.29, 1.82) is 0 Å². The number of amides is 2. The third kappa shape index (κ3) is 3.30. The summed E-state index contributed by atoms with van der Waals surface area (Å²) in [4.78, 5) is 16.5. The average Bonchev–Trinajstić information content (AvgIpc) is 2.58. The Bertz CT molecular complexity index is 878. The number of phenolic OH excluding ortho intramolecular Hbond substituents is 1. The van der Waals surface area contributed by atoms with Gasteiger partial charge in [0.2, 0.25) is 0 Å². The van der Waals surface area contributed by atoms with Crippen LogP contribution in [0.15, 0.2) is 48.7 Å². The summed E-state index contributed by atoms with van der Waals surface area (Å²) in [6.07, 6.45) is 1.70. The number of para-hydroxylation sites is 1. The van der Waals surface area contributed by atoms with Crippen LogP contribution in [0.1, 0.15) is 16.7 Å². The molecule has 122 valence electrons. The molecule has 0 atom stereocenters. The Hall–Kier alpha value is -3.08. The van der Waals surface area contributed by atoms with Gasteiger partial charge in [-0.05, 0) is 42.7 Å². The van der Waals surface area contributed by atoms with E-state index < -0.39 is 0 Å². The number of carbonyl (C=O) groups excluding carboxylic acids is 1. The second kappa shape index (κ2) is 6.58. The van der Waals surface area contributed by atoms with Gasteiger partial charge in [0.25, 0.3) is 0 Å². The molecule has 0 aliphatic rings. The summed E-state index contributed by atoms with van der Waals surface area (Å²) < 4.78 is 0. The van der Waals surface area contributed by atoms with Crippen molar-refractivity contribution < 1.29 is 9.90 Å². The number of hydrogen-bond acceptors (Lipinski definition) is 3. The van der Waals surface area contributed by atoms with Crippen molar-refractivity contribution in [1.82, 2.24) is 10.3 Å². The molecule has 0 saturated carbocycles. The quantitative estimate of drug-likeness (QED) is 0.685. The van der Waals surface area contributed by atoms with Crippen LogP contribution < -0.4 is 10.6 Å². The topological polar surface area (TPSA) is 74.2 Å². The van der Waals surface area contributed by atoms with E-state index in [1.807, 2.05) is 56.3 Å². The number of aromatic hydroxyl groups is 1. The van der Waals surface area contributed by atoms with Gasteiger partial charge in [-0.1, -0.05) is 30.3 Å². The maximum absolute atomic E-state index is 12.2. The number of rotatable bonds is 3. The molecule has 3 aromatic rings. The van der Waals surface area contributed by atoms with Gasteiger partial charge < -0.3 is 15.7 Å². The van der Waals surface area contributed by atoms with Gasteiger partial charge in [-0.3, -0.25) is 4.98 Å². The molecule has 1 aromatic heterocycles. The van der Waals surface area contributed by atoms with Gasteiger partial charge in [0.05, 0.1) is 11.2 Å². The molecule has 0 bridgehead atoms. The lowest BCUT2D eigenvalue weighted by molar-refractivity contribution is 0.252. The van der Waals surface area contributed by atoms with Gasteiger partial charge in [-0.25, -0.2) is 4.79 Å². The Kier molecular flexibility index (Phi) is 4.33. The maximum Gasteiger partial charge on any atom is 0.319 e. The second-order valence-corrected chi connectivity index (χ2v) is 5.77. The molecule has 3 rings (SSSR count). The second-order valence-electron chi connectivity index (χ2n) is 5.77. The standard InChI is InChI=1S/C19H19N3O2/c1-12-9-14(10-13(2)18(12)23)11-21-19(24)22-16-7-3-5-15-6-4-8-20-17(15)16/h3-10,23H,11H2,1-2H3,(H2,21,22,24). The van der Waals surface area contributed by atoms with Gasteiger partial charge in [-0.2, -0.15) is 0 Å². The number of anilines is 1. The Balaban J connectivity index is 1.70. The number of nitrogens with one attached hydrogen (secondary N) is 2. The number of pyridine rings is 1. The number of hydrogen-bond donors (Lipinski definition) is 3. The van der Waals surface area contributed by atoms with E-state index in [1.165, 1.54) is 0 Å². The molecule has 0 aliphatic heterocycles. The van der Waals surface area contributed by atoms with Crippen LogP contribution in [-0.2, 0) is 6.54 Å². The maximum atomic E-state index is 12.2. The zero-order valence-corrected chi connectivity index (χ0v) is 13.6. The Morgan fingerprint density at radius 1 is 1.12 bits per heavy atom. The van der Waals surface area contributed by atoms with E-state index in [2.05, 4.69) is 15.6 Å². The fraction of sp³-hybridized carbons (Fsp3) is 0.158. The Morgan fingerprint density at radius 3 is 2.58 bits per heavy atom. The van der Waals surface area contributed by atoms with E-state index in [-0.39, 0.29) is 6.03 Å². The van der Waals surface area contributed by atoms with Crippen molar-refractivity contribution in [2.24, 2.45) is 0 Å². The van der Waals surface area contributed by atoms with Crippen LogP contribution in [0.4, 0.5) is 10.5 Å². The highest BCUT2D eigenvalue weighted by molar-refractivity contribution is 5.99. The molecule has 0 spiro atoms. The molecule has 0 saturated heterocycles. The molecule has 0 aliphatic carbocycles. The summed E-state index contributed by atoms with van der Waals surface area (Å²) in [6.45, 7) is 4.06. The number of nitrogens with zero attached hydrogens (tertiary/aromatic N) is 1. The van der Waals surface area contributed by atoms with Crippen LogP contribution in [0.3, 0.4) is 0 Å². The molecule has 0 unspecified atom stereocenters.